The lowest BCUT2D eigenvalue weighted by Gasteiger charge is -2.14. The molecule has 0 aromatic heterocycles. The molecule has 0 saturated carbocycles. The van der Waals surface area contributed by atoms with Gasteiger partial charge in [0.05, 0.1) is 0 Å². The summed E-state index contributed by atoms with van der Waals surface area (Å²) in [4.78, 5) is 12.1. The molecule has 1 N–H and O–H groups in total. The first-order valence-electron chi connectivity index (χ1n) is 9.65. The number of rotatable bonds is 5. The Bertz CT molecular complexity index is 1030. The first kappa shape index (κ1) is 18.9. The second kappa shape index (κ2) is 8.31. The van der Waals surface area contributed by atoms with E-state index in [4.69, 9.17) is 4.74 Å². The zero-order valence-electron chi connectivity index (χ0n) is 16.2. The molecular weight excluding hydrogens is 365 g/mol. The van der Waals surface area contributed by atoms with Crippen LogP contribution in [0.2, 0.25) is 0 Å². The van der Waals surface area contributed by atoms with Gasteiger partial charge < -0.3 is 10.1 Å². The minimum Gasteiger partial charge on any atom is -0.449 e. The smallest absolute Gasteiger partial charge is 0.407 e. The van der Waals surface area contributed by atoms with Gasteiger partial charge in [0.1, 0.15) is 12.4 Å². The van der Waals surface area contributed by atoms with Gasteiger partial charge >= 0.3 is 6.09 Å². The van der Waals surface area contributed by atoms with Crippen LogP contribution in [0, 0.1) is 12.7 Å². The highest BCUT2D eigenvalue weighted by molar-refractivity contribution is 5.79. The van der Waals surface area contributed by atoms with Crippen LogP contribution >= 0.6 is 0 Å². The average Bonchev–Trinajstić information content (AvgIpc) is 3.05. The molecule has 0 saturated heterocycles. The maximum Gasteiger partial charge on any atom is 0.407 e. The Morgan fingerprint density at radius 1 is 1.03 bits per heavy atom. The van der Waals surface area contributed by atoms with Gasteiger partial charge in [-0.1, -0.05) is 72.8 Å². The number of nitrogens with one attached hydrogen (secondary N) is 1. The molecule has 0 atom stereocenters. The van der Waals surface area contributed by atoms with E-state index in [2.05, 4.69) is 29.6 Å². The molecule has 0 aliphatic heterocycles. The summed E-state index contributed by atoms with van der Waals surface area (Å²) in [6.07, 6.45) is 2.87. The third-order valence-corrected chi connectivity index (χ3v) is 5.16. The molecule has 0 radical (unpaired) electrons. The van der Waals surface area contributed by atoms with Gasteiger partial charge in [0, 0.05) is 18.0 Å². The lowest BCUT2D eigenvalue weighted by atomic mass is 9.98. The molecule has 0 unspecified atom stereocenters. The normalized spacial score (nSPS) is 12.6. The zero-order chi connectivity index (χ0) is 20.2. The Kier molecular flexibility index (Phi) is 5.43. The van der Waals surface area contributed by atoms with Gasteiger partial charge in [-0.25, -0.2) is 9.18 Å². The van der Waals surface area contributed by atoms with Gasteiger partial charge in [-0.3, -0.25) is 0 Å². The number of aryl methyl sites for hydroxylation is 1. The van der Waals surface area contributed by atoms with Crippen LogP contribution in [0.15, 0.2) is 72.8 Å². The van der Waals surface area contributed by atoms with Crippen LogP contribution in [0.3, 0.4) is 0 Å². The molecule has 0 spiro atoms. The van der Waals surface area contributed by atoms with Gasteiger partial charge in [0.25, 0.3) is 0 Å². The van der Waals surface area contributed by atoms with Crippen LogP contribution in [0.4, 0.5) is 9.18 Å². The maximum atomic E-state index is 13.8. The van der Waals surface area contributed by atoms with Crippen molar-refractivity contribution < 1.29 is 13.9 Å². The molecule has 4 heteroatoms. The number of carbonyl (C=O) groups excluding carboxylic acids is 1. The number of carbonyl (C=O) groups is 1. The van der Waals surface area contributed by atoms with Gasteiger partial charge in [-0.2, -0.15) is 0 Å². The van der Waals surface area contributed by atoms with Crippen LogP contribution in [-0.2, 0) is 4.74 Å². The van der Waals surface area contributed by atoms with Crippen molar-refractivity contribution in [3.8, 4) is 11.1 Å². The zero-order valence-corrected chi connectivity index (χ0v) is 16.2. The highest BCUT2D eigenvalue weighted by Crippen LogP contribution is 2.44. The fourth-order valence-corrected chi connectivity index (χ4v) is 3.74. The molecule has 0 fully saturated rings. The number of alkyl carbamates (subject to hydrolysis) is 1. The summed E-state index contributed by atoms with van der Waals surface area (Å²) in [5, 5.41) is 2.69. The molecule has 4 rings (SSSR count). The summed E-state index contributed by atoms with van der Waals surface area (Å²) >= 11 is 0. The Hall–Kier alpha value is -3.40. The predicted molar refractivity (Wildman–Crippen MR) is 113 cm³/mol. The lowest BCUT2D eigenvalue weighted by molar-refractivity contribution is 0.144. The number of hydrogen-bond donors (Lipinski definition) is 1. The SMILES string of the molecule is Cc1ccc(C=CCNC(=O)OCC2c3ccccc3-c3ccccc32)c(F)c1. The number of halogens is 1. The summed E-state index contributed by atoms with van der Waals surface area (Å²) < 4.78 is 19.3. The van der Waals surface area contributed by atoms with E-state index < -0.39 is 6.09 Å². The fraction of sp³-hybridized carbons (Fsp3) is 0.160. The van der Waals surface area contributed by atoms with Crippen molar-refractivity contribution in [2.45, 2.75) is 12.8 Å². The molecule has 3 nitrogen and oxygen atoms in total. The summed E-state index contributed by atoms with van der Waals surface area (Å²) in [6.45, 7) is 2.38. The highest BCUT2D eigenvalue weighted by Gasteiger charge is 2.28. The molecule has 29 heavy (non-hydrogen) atoms. The minimum absolute atomic E-state index is 0.0327. The molecule has 0 heterocycles. The monoisotopic (exact) mass is 387 g/mol. The number of ether oxygens (including phenoxy) is 1. The molecule has 146 valence electrons. The number of amides is 1. The largest absolute Gasteiger partial charge is 0.449 e. The van der Waals surface area contributed by atoms with E-state index in [9.17, 15) is 9.18 Å². The van der Waals surface area contributed by atoms with E-state index in [0.29, 0.717) is 5.56 Å². The van der Waals surface area contributed by atoms with Crippen molar-refractivity contribution in [1.82, 2.24) is 5.32 Å². The topological polar surface area (TPSA) is 38.3 Å². The molecule has 1 aliphatic rings. The second-order valence-corrected chi connectivity index (χ2v) is 7.13. The van der Waals surface area contributed by atoms with Crippen molar-refractivity contribution in [1.29, 1.82) is 0 Å². The predicted octanol–water partition coefficient (Wildman–Crippen LogP) is 5.69. The van der Waals surface area contributed by atoms with Gasteiger partial charge in [0.15, 0.2) is 0 Å². The highest BCUT2D eigenvalue weighted by atomic mass is 19.1. The van der Waals surface area contributed by atoms with Crippen molar-refractivity contribution >= 4 is 12.2 Å². The molecule has 3 aromatic carbocycles. The van der Waals surface area contributed by atoms with Gasteiger partial charge in [-0.05, 0) is 40.8 Å². The van der Waals surface area contributed by atoms with E-state index in [0.717, 1.165) is 5.56 Å². The molecule has 1 aliphatic carbocycles. The Labute approximate surface area is 169 Å². The first-order valence-corrected chi connectivity index (χ1v) is 9.65. The lowest BCUT2D eigenvalue weighted by Crippen LogP contribution is -2.26. The van der Waals surface area contributed by atoms with E-state index in [-0.39, 0.29) is 24.9 Å². The van der Waals surface area contributed by atoms with Crippen LogP contribution in [0.25, 0.3) is 17.2 Å². The van der Waals surface area contributed by atoms with Crippen LogP contribution in [-0.4, -0.2) is 19.2 Å². The van der Waals surface area contributed by atoms with E-state index in [1.807, 2.05) is 37.3 Å². The number of fused-ring (bicyclic) bond motifs is 3. The Balaban J connectivity index is 1.34. The first-order chi connectivity index (χ1) is 14.1. The number of benzene rings is 3. The van der Waals surface area contributed by atoms with Crippen LogP contribution < -0.4 is 5.32 Å². The molecule has 3 aromatic rings. The molecule has 0 bridgehead atoms. The average molecular weight is 387 g/mol. The summed E-state index contributed by atoms with van der Waals surface area (Å²) in [7, 11) is 0. The third-order valence-electron chi connectivity index (χ3n) is 5.16. The maximum absolute atomic E-state index is 13.8. The fourth-order valence-electron chi connectivity index (χ4n) is 3.74. The van der Waals surface area contributed by atoms with Crippen molar-refractivity contribution in [2.75, 3.05) is 13.2 Å². The third kappa shape index (κ3) is 4.06. The quantitative estimate of drug-likeness (QED) is 0.611. The van der Waals surface area contributed by atoms with Gasteiger partial charge in [-0.15, -0.1) is 0 Å². The van der Waals surface area contributed by atoms with E-state index >= 15 is 0 Å². The van der Waals surface area contributed by atoms with Gasteiger partial charge in [0.2, 0.25) is 0 Å². The number of hydrogen-bond acceptors (Lipinski definition) is 2. The second-order valence-electron chi connectivity index (χ2n) is 7.13. The van der Waals surface area contributed by atoms with Crippen LogP contribution in [0.1, 0.15) is 28.2 Å². The van der Waals surface area contributed by atoms with E-state index in [1.54, 1.807) is 18.2 Å². The standard InChI is InChI=1S/C25H22FNO2/c1-17-12-13-18(24(26)15-17)7-6-14-27-25(28)29-16-23-21-10-4-2-8-19(21)20-9-3-5-11-22(20)23/h2-13,15,23H,14,16H2,1H3,(H,27,28). The molecular formula is C25H22FNO2. The van der Waals surface area contributed by atoms with Crippen LogP contribution in [0.5, 0.6) is 0 Å². The van der Waals surface area contributed by atoms with E-state index in [1.165, 1.54) is 28.3 Å². The van der Waals surface area contributed by atoms with Crippen molar-refractivity contribution in [3.63, 3.8) is 0 Å². The summed E-state index contributed by atoms with van der Waals surface area (Å²) in [5.74, 6) is -0.243. The minimum atomic E-state index is -0.485. The summed E-state index contributed by atoms with van der Waals surface area (Å²) in [5.41, 5.74) is 6.11. The van der Waals surface area contributed by atoms with Crippen molar-refractivity contribution in [2.24, 2.45) is 0 Å². The molecule has 1 amide bonds. The summed E-state index contributed by atoms with van der Waals surface area (Å²) in [6, 6.07) is 21.5. The Morgan fingerprint density at radius 3 is 2.34 bits per heavy atom. The van der Waals surface area contributed by atoms with Crippen molar-refractivity contribution in [3.05, 3.63) is 101 Å². The Morgan fingerprint density at radius 2 is 1.69 bits per heavy atom.